The maximum Gasteiger partial charge on any atom is 0.323 e. The van der Waals surface area contributed by atoms with Gasteiger partial charge in [0, 0.05) is 6.42 Å². The van der Waals surface area contributed by atoms with Crippen LogP contribution < -0.4 is 5.32 Å². The van der Waals surface area contributed by atoms with Gasteiger partial charge in [0.05, 0.1) is 6.26 Å². The molecule has 0 aromatic carbocycles. The molecule has 0 bridgehead atoms. The molecule has 0 aliphatic carbocycles. The van der Waals surface area contributed by atoms with E-state index in [2.05, 4.69) is 5.32 Å². The summed E-state index contributed by atoms with van der Waals surface area (Å²) in [6, 6.07) is 3.72. The molecule has 1 atom stereocenters. The Morgan fingerprint density at radius 1 is 1.56 bits per heavy atom. The van der Waals surface area contributed by atoms with Crippen molar-refractivity contribution < 1.29 is 14.3 Å². The number of hydrogen-bond donors (Lipinski definition) is 2. The van der Waals surface area contributed by atoms with E-state index >= 15 is 0 Å². The van der Waals surface area contributed by atoms with Crippen molar-refractivity contribution in [3.8, 4) is 0 Å². The molecular weight excluding hydrogens is 206 g/mol. The van der Waals surface area contributed by atoms with Crippen molar-refractivity contribution in [2.75, 3.05) is 6.54 Å². The molecule has 1 saturated heterocycles. The third-order valence-electron chi connectivity index (χ3n) is 3.28. The molecule has 4 heteroatoms. The van der Waals surface area contributed by atoms with Gasteiger partial charge >= 0.3 is 5.97 Å². The molecule has 0 spiro atoms. The molecule has 0 saturated carbocycles. The lowest BCUT2D eigenvalue weighted by atomic mass is 9.84. The molecule has 2 heterocycles. The van der Waals surface area contributed by atoms with Gasteiger partial charge in [-0.3, -0.25) is 4.79 Å². The zero-order valence-corrected chi connectivity index (χ0v) is 9.24. The number of aryl methyl sites for hydroxylation is 1. The van der Waals surface area contributed by atoms with Crippen molar-refractivity contribution in [2.24, 2.45) is 0 Å². The van der Waals surface area contributed by atoms with E-state index < -0.39 is 11.5 Å². The lowest BCUT2D eigenvalue weighted by molar-refractivity contribution is -0.146. The van der Waals surface area contributed by atoms with Crippen LogP contribution in [-0.4, -0.2) is 23.2 Å². The van der Waals surface area contributed by atoms with Crippen molar-refractivity contribution in [3.63, 3.8) is 0 Å². The Morgan fingerprint density at radius 3 is 3.00 bits per heavy atom. The summed E-state index contributed by atoms with van der Waals surface area (Å²) in [5, 5.41) is 12.5. The molecule has 4 nitrogen and oxygen atoms in total. The van der Waals surface area contributed by atoms with Crippen LogP contribution in [-0.2, 0) is 11.2 Å². The number of hydrogen-bond acceptors (Lipinski definition) is 3. The maximum absolute atomic E-state index is 11.3. The first kappa shape index (κ1) is 11.2. The van der Waals surface area contributed by atoms with Gasteiger partial charge in [0.15, 0.2) is 0 Å². The van der Waals surface area contributed by atoms with E-state index in [1.54, 1.807) is 6.26 Å². The van der Waals surface area contributed by atoms with E-state index in [-0.39, 0.29) is 0 Å². The highest BCUT2D eigenvalue weighted by Crippen LogP contribution is 2.25. The fraction of sp³-hybridized carbons (Fsp3) is 0.583. The van der Waals surface area contributed by atoms with Gasteiger partial charge in [0.2, 0.25) is 0 Å². The average Bonchev–Trinajstić information content (AvgIpc) is 2.80. The number of furan rings is 1. The fourth-order valence-corrected chi connectivity index (χ4v) is 2.26. The standard InChI is InChI=1S/C12H17NO3/c14-11(15)12(6-1-2-8-13-12)7-5-10-4-3-9-16-10/h3-4,9,13H,1-2,5-8H2,(H,14,15). The Hall–Kier alpha value is -1.29. The molecule has 1 aliphatic heterocycles. The summed E-state index contributed by atoms with van der Waals surface area (Å²) in [6.07, 6.45) is 5.65. The average molecular weight is 223 g/mol. The first-order valence-electron chi connectivity index (χ1n) is 5.74. The van der Waals surface area contributed by atoms with Crippen molar-refractivity contribution in [1.29, 1.82) is 0 Å². The van der Waals surface area contributed by atoms with Gasteiger partial charge in [-0.25, -0.2) is 0 Å². The zero-order chi connectivity index (χ0) is 11.4. The van der Waals surface area contributed by atoms with Crippen LogP contribution in [0.2, 0.25) is 0 Å². The van der Waals surface area contributed by atoms with E-state index in [0.29, 0.717) is 19.3 Å². The Labute approximate surface area is 94.6 Å². The minimum atomic E-state index is -0.745. The predicted molar refractivity (Wildman–Crippen MR) is 59.2 cm³/mol. The summed E-state index contributed by atoms with van der Waals surface area (Å²) >= 11 is 0. The van der Waals surface area contributed by atoms with E-state index in [4.69, 9.17) is 4.42 Å². The molecule has 1 aromatic heterocycles. The van der Waals surface area contributed by atoms with Crippen LogP contribution in [0.1, 0.15) is 31.4 Å². The molecule has 2 rings (SSSR count). The Kier molecular flexibility index (Phi) is 3.29. The largest absolute Gasteiger partial charge is 0.480 e. The number of carbonyl (C=O) groups is 1. The van der Waals surface area contributed by atoms with Gasteiger partial charge in [-0.1, -0.05) is 0 Å². The highest BCUT2D eigenvalue weighted by Gasteiger charge is 2.38. The third-order valence-corrected chi connectivity index (χ3v) is 3.28. The number of nitrogens with one attached hydrogen (secondary N) is 1. The SMILES string of the molecule is O=C(O)C1(CCc2ccco2)CCCCN1. The van der Waals surface area contributed by atoms with Gasteiger partial charge in [0.1, 0.15) is 11.3 Å². The molecule has 1 unspecified atom stereocenters. The maximum atomic E-state index is 11.3. The molecule has 0 amide bonds. The summed E-state index contributed by atoms with van der Waals surface area (Å²) < 4.78 is 5.23. The first-order chi connectivity index (χ1) is 7.73. The van der Waals surface area contributed by atoms with Crippen LogP contribution in [0.3, 0.4) is 0 Å². The summed E-state index contributed by atoms with van der Waals surface area (Å²) in [4.78, 5) is 11.3. The lowest BCUT2D eigenvalue weighted by Crippen LogP contribution is -2.54. The van der Waals surface area contributed by atoms with Crippen LogP contribution >= 0.6 is 0 Å². The summed E-state index contributed by atoms with van der Waals surface area (Å²) in [6.45, 7) is 0.796. The number of aliphatic carboxylic acids is 1. The smallest absolute Gasteiger partial charge is 0.323 e. The van der Waals surface area contributed by atoms with Crippen LogP contribution in [0.15, 0.2) is 22.8 Å². The zero-order valence-electron chi connectivity index (χ0n) is 9.24. The quantitative estimate of drug-likeness (QED) is 0.817. The fourth-order valence-electron chi connectivity index (χ4n) is 2.26. The van der Waals surface area contributed by atoms with Crippen molar-refractivity contribution in [1.82, 2.24) is 5.32 Å². The predicted octanol–water partition coefficient (Wildman–Crippen LogP) is 1.81. The highest BCUT2D eigenvalue weighted by atomic mass is 16.4. The molecule has 88 valence electrons. The second-order valence-corrected chi connectivity index (χ2v) is 4.35. The van der Waals surface area contributed by atoms with Crippen LogP contribution in [0, 0.1) is 0 Å². The van der Waals surface area contributed by atoms with E-state index in [9.17, 15) is 9.90 Å². The highest BCUT2D eigenvalue weighted by molar-refractivity contribution is 5.78. The number of rotatable bonds is 4. The van der Waals surface area contributed by atoms with Gasteiger partial charge in [0.25, 0.3) is 0 Å². The van der Waals surface area contributed by atoms with Crippen LogP contribution in [0.4, 0.5) is 0 Å². The van der Waals surface area contributed by atoms with Gasteiger partial charge in [-0.2, -0.15) is 0 Å². The second-order valence-electron chi connectivity index (χ2n) is 4.35. The molecule has 1 aromatic rings. The van der Waals surface area contributed by atoms with Crippen LogP contribution in [0.25, 0.3) is 0 Å². The van der Waals surface area contributed by atoms with Gasteiger partial charge < -0.3 is 14.8 Å². The van der Waals surface area contributed by atoms with Gasteiger partial charge in [-0.15, -0.1) is 0 Å². The summed E-state index contributed by atoms with van der Waals surface area (Å²) in [5.74, 6) is 0.117. The van der Waals surface area contributed by atoms with Crippen LogP contribution in [0.5, 0.6) is 0 Å². The molecule has 1 aliphatic rings. The normalized spacial score (nSPS) is 25.5. The Morgan fingerprint density at radius 2 is 2.44 bits per heavy atom. The first-order valence-corrected chi connectivity index (χ1v) is 5.74. The number of piperidine rings is 1. The van der Waals surface area contributed by atoms with E-state index in [1.807, 2.05) is 12.1 Å². The Balaban J connectivity index is 2.00. The minimum Gasteiger partial charge on any atom is -0.480 e. The van der Waals surface area contributed by atoms with E-state index in [1.165, 1.54) is 0 Å². The Bertz CT molecular complexity index is 339. The van der Waals surface area contributed by atoms with E-state index in [0.717, 1.165) is 25.1 Å². The molecular formula is C12H17NO3. The number of carboxylic acids is 1. The van der Waals surface area contributed by atoms with Crippen molar-refractivity contribution in [2.45, 2.75) is 37.6 Å². The third kappa shape index (κ3) is 2.27. The monoisotopic (exact) mass is 223 g/mol. The van der Waals surface area contributed by atoms with Gasteiger partial charge in [-0.05, 0) is 44.4 Å². The number of carboxylic acid groups (broad SMARTS) is 1. The second kappa shape index (κ2) is 4.70. The molecule has 1 fully saturated rings. The molecule has 2 N–H and O–H groups in total. The minimum absolute atomic E-state index is 0.593. The molecule has 0 radical (unpaired) electrons. The molecule has 16 heavy (non-hydrogen) atoms. The van der Waals surface area contributed by atoms with Crippen molar-refractivity contribution in [3.05, 3.63) is 24.2 Å². The summed E-state index contributed by atoms with van der Waals surface area (Å²) in [5.41, 5.74) is -0.745. The lowest BCUT2D eigenvalue weighted by Gasteiger charge is -2.34. The summed E-state index contributed by atoms with van der Waals surface area (Å²) in [7, 11) is 0. The van der Waals surface area contributed by atoms with Crippen molar-refractivity contribution >= 4 is 5.97 Å². The topological polar surface area (TPSA) is 62.5 Å².